The molecule has 0 spiro atoms. The van der Waals surface area contributed by atoms with Crippen molar-refractivity contribution in [1.29, 1.82) is 0 Å². The summed E-state index contributed by atoms with van der Waals surface area (Å²) in [6, 6.07) is 8.12. The SMILES string of the molecule is Fc1cnccc1-c1nncc(-c2ccc(F)c(-c3ncccc3F)c2)n1. The number of halogens is 3. The maximum atomic E-state index is 14.2. The van der Waals surface area contributed by atoms with E-state index in [0.29, 0.717) is 11.3 Å². The highest BCUT2D eigenvalue weighted by Gasteiger charge is 2.15. The molecule has 0 amide bonds. The summed E-state index contributed by atoms with van der Waals surface area (Å²) in [6.45, 7) is 0. The highest BCUT2D eigenvalue weighted by Crippen LogP contribution is 2.29. The van der Waals surface area contributed by atoms with E-state index in [2.05, 4.69) is 25.1 Å². The van der Waals surface area contributed by atoms with Gasteiger partial charge < -0.3 is 0 Å². The second kappa shape index (κ2) is 6.91. The van der Waals surface area contributed by atoms with Gasteiger partial charge in [-0.05, 0) is 36.4 Å². The van der Waals surface area contributed by atoms with E-state index in [9.17, 15) is 13.2 Å². The predicted octanol–water partition coefficient (Wildman–Crippen LogP) is 4.08. The Hall–Kier alpha value is -3.68. The summed E-state index contributed by atoms with van der Waals surface area (Å²) < 4.78 is 42.2. The third kappa shape index (κ3) is 3.24. The summed E-state index contributed by atoms with van der Waals surface area (Å²) in [6.07, 6.45) is 5.19. The Morgan fingerprint density at radius 3 is 2.48 bits per heavy atom. The molecule has 0 unspecified atom stereocenters. The van der Waals surface area contributed by atoms with Crippen LogP contribution < -0.4 is 0 Å². The summed E-state index contributed by atoms with van der Waals surface area (Å²) in [7, 11) is 0. The quantitative estimate of drug-likeness (QED) is 0.547. The number of pyridine rings is 2. The summed E-state index contributed by atoms with van der Waals surface area (Å²) in [5, 5.41) is 7.67. The van der Waals surface area contributed by atoms with Crippen molar-refractivity contribution in [2.24, 2.45) is 0 Å². The fraction of sp³-hybridized carbons (Fsp3) is 0. The molecule has 3 heterocycles. The Labute approximate surface area is 151 Å². The topological polar surface area (TPSA) is 64.5 Å². The summed E-state index contributed by atoms with van der Waals surface area (Å²) in [5.74, 6) is -1.80. The van der Waals surface area contributed by atoms with E-state index in [-0.39, 0.29) is 22.6 Å². The molecule has 0 aliphatic rings. The standard InChI is InChI=1S/C19H10F3N5/c20-14-4-3-11(8-13(14)18-15(21)2-1-6-24-18)17-10-25-27-19(26-17)12-5-7-23-9-16(12)22/h1-10H. The van der Waals surface area contributed by atoms with Crippen molar-refractivity contribution in [3.63, 3.8) is 0 Å². The van der Waals surface area contributed by atoms with Gasteiger partial charge in [-0.3, -0.25) is 9.97 Å². The number of hydrogen-bond donors (Lipinski definition) is 0. The van der Waals surface area contributed by atoms with Gasteiger partial charge in [-0.2, -0.15) is 5.10 Å². The van der Waals surface area contributed by atoms with Gasteiger partial charge in [0.25, 0.3) is 0 Å². The molecule has 0 fully saturated rings. The van der Waals surface area contributed by atoms with Crippen molar-refractivity contribution < 1.29 is 13.2 Å². The normalized spacial score (nSPS) is 10.8. The lowest BCUT2D eigenvalue weighted by atomic mass is 10.0. The fourth-order valence-corrected chi connectivity index (χ4v) is 2.56. The van der Waals surface area contributed by atoms with Crippen LogP contribution in [0.15, 0.2) is 61.2 Å². The van der Waals surface area contributed by atoms with Crippen molar-refractivity contribution in [1.82, 2.24) is 25.1 Å². The molecule has 0 radical (unpaired) electrons. The highest BCUT2D eigenvalue weighted by molar-refractivity contribution is 5.70. The largest absolute Gasteiger partial charge is 0.262 e. The van der Waals surface area contributed by atoms with Crippen LogP contribution in [-0.4, -0.2) is 25.1 Å². The molecule has 0 atom stereocenters. The molecule has 0 aliphatic carbocycles. The summed E-state index contributed by atoms with van der Waals surface area (Å²) >= 11 is 0. The Bertz CT molecular complexity index is 1130. The second-order valence-electron chi connectivity index (χ2n) is 5.55. The molecule has 0 saturated heterocycles. The molecule has 0 aliphatic heterocycles. The van der Waals surface area contributed by atoms with Gasteiger partial charge in [0, 0.05) is 23.5 Å². The van der Waals surface area contributed by atoms with E-state index in [1.807, 2.05) is 0 Å². The van der Waals surface area contributed by atoms with E-state index in [1.165, 1.54) is 55.0 Å². The minimum absolute atomic E-state index is 0.0131. The van der Waals surface area contributed by atoms with E-state index in [4.69, 9.17) is 0 Å². The van der Waals surface area contributed by atoms with Crippen molar-refractivity contribution in [2.45, 2.75) is 0 Å². The Morgan fingerprint density at radius 2 is 1.67 bits per heavy atom. The van der Waals surface area contributed by atoms with Crippen LogP contribution in [0.1, 0.15) is 0 Å². The van der Waals surface area contributed by atoms with Crippen LogP contribution in [0.3, 0.4) is 0 Å². The van der Waals surface area contributed by atoms with Gasteiger partial charge in [-0.15, -0.1) is 5.10 Å². The number of benzene rings is 1. The van der Waals surface area contributed by atoms with Crippen LogP contribution in [0.25, 0.3) is 33.9 Å². The molecule has 4 rings (SSSR count). The van der Waals surface area contributed by atoms with Gasteiger partial charge in [0.05, 0.1) is 23.7 Å². The number of aromatic nitrogens is 5. The molecule has 27 heavy (non-hydrogen) atoms. The zero-order chi connectivity index (χ0) is 18.8. The molecule has 0 saturated carbocycles. The lowest BCUT2D eigenvalue weighted by molar-refractivity contribution is 0.611. The molecule has 132 valence electrons. The second-order valence-corrected chi connectivity index (χ2v) is 5.55. The molecule has 4 aromatic rings. The van der Waals surface area contributed by atoms with Crippen molar-refractivity contribution >= 4 is 0 Å². The Balaban J connectivity index is 1.81. The fourth-order valence-electron chi connectivity index (χ4n) is 2.56. The van der Waals surface area contributed by atoms with Crippen LogP contribution in [0.2, 0.25) is 0 Å². The Morgan fingerprint density at radius 1 is 0.778 bits per heavy atom. The van der Waals surface area contributed by atoms with Gasteiger partial charge in [-0.25, -0.2) is 18.2 Å². The van der Waals surface area contributed by atoms with Crippen LogP contribution in [0, 0.1) is 17.5 Å². The Kier molecular flexibility index (Phi) is 4.29. The van der Waals surface area contributed by atoms with Crippen LogP contribution >= 0.6 is 0 Å². The first kappa shape index (κ1) is 16.8. The molecule has 5 nitrogen and oxygen atoms in total. The number of rotatable bonds is 3. The minimum atomic E-state index is -0.645. The van der Waals surface area contributed by atoms with Crippen molar-refractivity contribution in [3.05, 3.63) is 78.6 Å². The average molecular weight is 365 g/mol. The number of hydrogen-bond acceptors (Lipinski definition) is 5. The van der Waals surface area contributed by atoms with Gasteiger partial charge in [0.1, 0.15) is 17.3 Å². The van der Waals surface area contributed by atoms with Gasteiger partial charge in [0.15, 0.2) is 11.6 Å². The van der Waals surface area contributed by atoms with Gasteiger partial charge in [0.2, 0.25) is 0 Å². The van der Waals surface area contributed by atoms with Gasteiger partial charge >= 0.3 is 0 Å². The van der Waals surface area contributed by atoms with E-state index in [0.717, 1.165) is 6.20 Å². The third-order valence-corrected chi connectivity index (χ3v) is 3.85. The zero-order valence-corrected chi connectivity index (χ0v) is 13.6. The minimum Gasteiger partial charge on any atom is -0.262 e. The average Bonchev–Trinajstić information content (AvgIpc) is 2.69. The first-order valence-corrected chi connectivity index (χ1v) is 7.84. The maximum Gasteiger partial charge on any atom is 0.185 e. The van der Waals surface area contributed by atoms with Crippen LogP contribution in [-0.2, 0) is 0 Å². The third-order valence-electron chi connectivity index (χ3n) is 3.85. The molecular formula is C19H10F3N5. The van der Waals surface area contributed by atoms with Gasteiger partial charge in [-0.1, -0.05) is 0 Å². The van der Waals surface area contributed by atoms with E-state index >= 15 is 0 Å². The maximum absolute atomic E-state index is 14.2. The molecule has 0 N–H and O–H groups in total. The smallest absolute Gasteiger partial charge is 0.185 e. The summed E-state index contributed by atoms with van der Waals surface area (Å²) in [4.78, 5) is 11.9. The van der Waals surface area contributed by atoms with Crippen molar-refractivity contribution in [2.75, 3.05) is 0 Å². The van der Waals surface area contributed by atoms with Crippen LogP contribution in [0.4, 0.5) is 13.2 Å². The molecule has 3 aromatic heterocycles. The molecule has 8 heteroatoms. The van der Waals surface area contributed by atoms with E-state index < -0.39 is 17.5 Å². The molecular weight excluding hydrogens is 355 g/mol. The zero-order valence-electron chi connectivity index (χ0n) is 13.6. The lowest BCUT2D eigenvalue weighted by Gasteiger charge is -2.08. The van der Waals surface area contributed by atoms with E-state index in [1.54, 1.807) is 0 Å². The lowest BCUT2D eigenvalue weighted by Crippen LogP contribution is -1.98. The molecule has 0 bridgehead atoms. The number of nitrogens with zero attached hydrogens (tertiary/aromatic N) is 5. The van der Waals surface area contributed by atoms with Crippen molar-refractivity contribution in [3.8, 4) is 33.9 Å². The molecule has 1 aromatic carbocycles. The van der Waals surface area contributed by atoms with Crippen LogP contribution in [0.5, 0.6) is 0 Å². The summed E-state index contributed by atoms with van der Waals surface area (Å²) in [5.41, 5.74) is 0.799. The predicted molar refractivity (Wildman–Crippen MR) is 91.6 cm³/mol. The first-order chi connectivity index (χ1) is 13.1. The highest BCUT2D eigenvalue weighted by atomic mass is 19.1. The monoisotopic (exact) mass is 365 g/mol. The first-order valence-electron chi connectivity index (χ1n) is 7.84.